The van der Waals surface area contributed by atoms with Gasteiger partial charge in [0.2, 0.25) is 0 Å². The van der Waals surface area contributed by atoms with E-state index in [9.17, 15) is 4.39 Å². The summed E-state index contributed by atoms with van der Waals surface area (Å²) in [6.45, 7) is 1.71. The van der Waals surface area contributed by atoms with Gasteiger partial charge in [0.05, 0.1) is 5.69 Å². The van der Waals surface area contributed by atoms with Gasteiger partial charge in [0.15, 0.2) is 0 Å². The molecule has 0 spiro atoms. The average Bonchev–Trinajstić information content (AvgIpc) is 2.61. The third kappa shape index (κ3) is 1.55. The Morgan fingerprint density at radius 2 is 2.27 bits per heavy atom. The lowest BCUT2D eigenvalue weighted by molar-refractivity contribution is 0.429. The number of nitrogens with zero attached hydrogens (tertiary/aromatic N) is 2. The first kappa shape index (κ1) is 9.57. The summed E-state index contributed by atoms with van der Waals surface area (Å²) in [7, 11) is 0. The van der Waals surface area contributed by atoms with Crippen LogP contribution in [-0.2, 0) is 6.54 Å². The number of hydrogen-bond donors (Lipinski definition) is 0. The Bertz CT molecular complexity index is 456. The molecule has 1 aromatic rings. The van der Waals surface area contributed by atoms with Crippen molar-refractivity contribution in [2.75, 3.05) is 6.54 Å². The summed E-state index contributed by atoms with van der Waals surface area (Å²) >= 11 is 2.13. The third-order valence-electron chi connectivity index (χ3n) is 2.93. The minimum Gasteiger partial charge on any atom is -0.356 e. The summed E-state index contributed by atoms with van der Waals surface area (Å²) in [5.41, 5.74) is 1.58. The van der Waals surface area contributed by atoms with Crippen LogP contribution in [0.1, 0.15) is 18.4 Å². The number of halogens is 2. The smallest absolute Gasteiger partial charge is 0.131 e. The monoisotopic (exact) mass is 316 g/mol. The normalized spacial score (nSPS) is 18.5. The molecule has 1 aromatic carbocycles. The van der Waals surface area contributed by atoms with E-state index in [1.807, 2.05) is 6.07 Å². The molecule has 0 unspecified atom stereocenters. The molecule has 0 radical (unpaired) electrons. The number of fused-ring (bicyclic) bond motifs is 2. The average molecular weight is 316 g/mol. The maximum Gasteiger partial charge on any atom is 0.131 e. The first-order chi connectivity index (χ1) is 7.24. The Morgan fingerprint density at radius 3 is 3.13 bits per heavy atom. The molecule has 0 amide bonds. The van der Waals surface area contributed by atoms with E-state index in [1.165, 1.54) is 0 Å². The predicted molar refractivity (Wildman–Crippen MR) is 65.9 cm³/mol. The number of hydrogen-bond acceptors (Lipinski definition) is 2. The van der Waals surface area contributed by atoms with Crippen molar-refractivity contribution < 1.29 is 4.39 Å². The van der Waals surface area contributed by atoms with Crippen LogP contribution in [0.5, 0.6) is 0 Å². The lowest BCUT2D eigenvalue weighted by Gasteiger charge is -2.25. The van der Waals surface area contributed by atoms with Crippen LogP contribution in [0.15, 0.2) is 17.1 Å². The van der Waals surface area contributed by atoms with Gasteiger partial charge in [-0.2, -0.15) is 0 Å². The minimum absolute atomic E-state index is 0.119. The lowest BCUT2D eigenvalue weighted by atomic mass is 10.1. The molecule has 15 heavy (non-hydrogen) atoms. The molecule has 0 aliphatic carbocycles. The highest BCUT2D eigenvalue weighted by Gasteiger charge is 2.25. The van der Waals surface area contributed by atoms with Gasteiger partial charge in [-0.05, 0) is 41.1 Å². The second kappa shape index (κ2) is 3.43. The van der Waals surface area contributed by atoms with Crippen molar-refractivity contribution in [1.29, 1.82) is 0 Å². The van der Waals surface area contributed by atoms with Crippen LogP contribution < -0.4 is 0 Å². The maximum absolute atomic E-state index is 13.7. The molecule has 2 aliphatic heterocycles. The van der Waals surface area contributed by atoms with E-state index in [1.54, 1.807) is 6.07 Å². The fraction of sp³-hybridized carbons (Fsp3) is 0.364. The molecule has 2 heterocycles. The first-order valence-electron chi connectivity index (χ1n) is 5.04. The van der Waals surface area contributed by atoms with Crippen LogP contribution in [-0.4, -0.2) is 17.3 Å². The van der Waals surface area contributed by atoms with E-state index in [0.717, 1.165) is 40.0 Å². The highest BCUT2D eigenvalue weighted by Crippen LogP contribution is 2.33. The van der Waals surface area contributed by atoms with Gasteiger partial charge < -0.3 is 4.90 Å². The number of rotatable bonds is 0. The lowest BCUT2D eigenvalue weighted by Crippen LogP contribution is -2.27. The fourth-order valence-electron chi connectivity index (χ4n) is 2.19. The highest BCUT2D eigenvalue weighted by molar-refractivity contribution is 14.1. The summed E-state index contributed by atoms with van der Waals surface area (Å²) in [5, 5.41) is 0. The number of aliphatic imine (C=N–C) groups is 1. The molecule has 0 aromatic heterocycles. The van der Waals surface area contributed by atoms with Gasteiger partial charge in [-0.1, -0.05) is 0 Å². The van der Waals surface area contributed by atoms with Crippen molar-refractivity contribution in [2.45, 2.75) is 19.4 Å². The Balaban J connectivity index is 2.15. The zero-order valence-electron chi connectivity index (χ0n) is 8.13. The van der Waals surface area contributed by atoms with E-state index in [0.29, 0.717) is 6.54 Å². The van der Waals surface area contributed by atoms with Crippen molar-refractivity contribution in [1.82, 2.24) is 4.90 Å². The Hall–Kier alpha value is -0.650. The Kier molecular flexibility index (Phi) is 2.19. The Labute approximate surface area is 101 Å². The molecular formula is C11H10FIN2. The van der Waals surface area contributed by atoms with Crippen molar-refractivity contribution >= 4 is 34.1 Å². The van der Waals surface area contributed by atoms with Gasteiger partial charge in [0.1, 0.15) is 11.7 Å². The van der Waals surface area contributed by atoms with Crippen molar-refractivity contribution in [3.05, 3.63) is 27.1 Å². The summed E-state index contributed by atoms with van der Waals surface area (Å²) in [4.78, 5) is 6.71. The maximum atomic E-state index is 13.7. The number of amidine groups is 1. The van der Waals surface area contributed by atoms with E-state index < -0.39 is 0 Å². The summed E-state index contributed by atoms with van der Waals surface area (Å²) in [5.74, 6) is 1.01. The minimum atomic E-state index is -0.119. The highest BCUT2D eigenvalue weighted by atomic mass is 127. The van der Waals surface area contributed by atoms with Crippen molar-refractivity contribution in [2.24, 2.45) is 4.99 Å². The molecule has 78 valence electrons. The largest absolute Gasteiger partial charge is 0.356 e. The van der Waals surface area contributed by atoms with Gasteiger partial charge in [-0.3, -0.25) is 0 Å². The molecule has 1 saturated heterocycles. The van der Waals surface area contributed by atoms with E-state index in [4.69, 9.17) is 0 Å². The van der Waals surface area contributed by atoms with Crippen LogP contribution in [0.25, 0.3) is 0 Å². The molecular weight excluding hydrogens is 306 g/mol. The molecule has 2 nitrogen and oxygen atoms in total. The van der Waals surface area contributed by atoms with Crippen LogP contribution >= 0.6 is 22.6 Å². The van der Waals surface area contributed by atoms with Gasteiger partial charge in [0.25, 0.3) is 0 Å². The third-order valence-corrected chi connectivity index (χ3v) is 3.55. The van der Waals surface area contributed by atoms with Crippen LogP contribution in [0.2, 0.25) is 0 Å². The zero-order valence-corrected chi connectivity index (χ0v) is 10.3. The van der Waals surface area contributed by atoms with Crippen molar-refractivity contribution in [3.63, 3.8) is 0 Å². The zero-order chi connectivity index (χ0) is 10.4. The summed E-state index contributed by atoms with van der Waals surface area (Å²) in [6.07, 6.45) is 2.18. The van der Waals surface area contributed by atoms with E-state index in [2.05, 4.69) is 32.5 Å². The summed E-state index contributed by atoms with van der Waals surface area (Å²) < 4.78 is 14.6. The molecule has 2 aliphatic rings. The van der Waals surface area contributed by atoms with Gasteiger partial charge in [-0.15, -0.1) is 0 Å². The second-order valence-electron chi connectivity index (χ2n) is 3.94. The molecule has 0 bridgehead atoms. The van der Waals surface area contributed by atoms with E-state index in [-0.39, 0.29) is 5.82 Å². The Morgan fingerprint density at radius 1 is 1.40 bits per heavy atom. The van der Waals surface area contributed by atoms with E-state index >= 15 is 0 Å². The molecule has 0 N–H and O–H groups in total. The molecule has 1 fully saturated rings. The summed E-state index contributed by atoms with van der Waals surface area (Å²) in [6, 6.07) is 3.54. The molecule has 4 heteroatoms. The van der Waals surface area contributed by atoms with Crippen molar-refractivity contribution in [3.8, 4) is 0 Å². The SMILES string of the molecule is Fc1cc(I)cc2c1CN1CCCC1=N2. The van der Waals surface area contributed by atoms with Crippen LogP contribution in [0.3, 0.4) is 0 Å². The fourth-order valence-corrected chi connectivity index (χ4v) is 2.76. The van der Waals surface area contributed by atoms with Crippen LogP contribution in [0, 0.1) is 9.39 Å². The van der Waals surface area contributed by atoms with Crippen LogP contribution in [0.4, 0.5) is 10.1 Å². The van der Waals surface area contributed by atoms with Gasteiger partial charge in [0, 0.05) is 28.6 Å². The second-order valence-corrected chi connectivity index (χ2v) is 5.18. The molecule has 3 rings (SSSR count). The molecule has 0 atom stereocenters. The quantitative estimate of drug-likeness (QED) is 0.672. The first-order valence-corrected chi connectivity index (χ1v) is 6.12. The predicted octanol–water partition coefficient (Wildman–Crippen LogP) is 3.07. The molecule has 0 saturated carbocycles. The topological polar surface area (TPSA) is 15.6 Å². The standard InChI is InChI=1S/C11H10FIN2/c12-9-4-7(13)5-10-8(9)6-15-3-1-2-11(15)14-10/h4-5H,1-3,6H2. The van der Waals surface area contributed by atoms with Gasteiger partial charge >= 0.3 is 0 Å². The van der Waals surface area contributed by atoms with Gasteiger partial charge in [-0.25, -0.2) is 9.38 Å². The number of benzene rings is 1.